The van der Waals surface area contributed by atoms with Gasteiger partial charge in [-0.25, -0.2) is 0 Å². The van der Waals surface area contributed by atoms with E-state index >= 15 is 0 Å². The monoisotopic (exact) mass is 534 g/mol. The molecule has 1 N–H and O–H groups in total. The smallest absolute Gasteiger partial charge is 0.317 e. The maximum absolute atomic E-state index is 13.5. The zero-order valence-electron chi connectivity index (χ0n) is 19.0. The average molecular weight is 535 g/mol. The van der Waals surface area contributed by atoms with Gasteiger partial charge in [-0.3, -0.25) is 19.2 Å². The van der Waals surface area contributed by atoms with Crippen LogP contribution >= 0.6 is 23.4 Å². The van der Waals surface area contributed by atoms with Crippen molar-refractivity contribution in [2.75, 3.05) is 19.6 Å². The number of alkyl halides is 3. The van der Waals surface area contributed by atoms with Crippen molar-refractivity contribution in [3.05, 3.63) is 69.2 Å². The lowest BCUT2D eigenvalue weighted by Crippen LogP contribution is -2.38. The van der Waals surface area contributed by atoms with Crippen molar-refractivity contribution in [1.82, 2.24) is 20.0 Å². The van der Waals surface area contributed by atoms with Gasteiger partial charge in [-0.2, -0.15) is 18.3 Å². The molecule has 0 unspecified atom stereocenters. The van der Waals surface area contributed by atoms with Gasteiger partial charge in [-0.05, 0) is 85.1 Å². The summed E-state index contributed by atoms with van der Waals surface area (Å²) in [5, 5.41) is 8.01. The van der Waals surface area contributed by atoms with Crippen molar-refractivity contribution < 1.29 is 22.8 Å². The Hall–Kier alpha value is -2.82. The van der Waals surface area contributed by atoms with Crippen LogP contribution in [-0.4, -0.2) is 45.5 Å². The molecule has 36 heavy (non-hydrogen) atoms. The zero-order chi connectivity index (χ0) is 25.4. The quantitative estimate of drug-likeness (QED) is 0.420. The number of carbonyl (C=O) groups excluding carboxylic acids is 2. The highest BCUT2D eigenvalue weighted by molar-refractivity contribution is 8.18. The molecular formula is C25H22ClF3N4O2S. The Bertz CT molecular complexity index is 1370. The number of carbonyl (C=O) groups is 2. The maximum Gasteiger partial charge on any atom is 0.416 e. The number of imide groups is 1. The molecule has 2 amide bonds. The van der Waals surface area contributed by atoms with Gasteiger partial charge in [-0.15, -0.1) is 0 Å². The topological polar surface area (TPSA) is 67.2 Å². The van der Waals surface area contributed by atoms with Crippen molar-refractivity contribution in [3.63, 3.8) is 0 Å². The Balaban J connectivity index is 1.36. The number of amides is 2. The van der Waals surface area contributed by atoms with Gasteiger partial charge in [0.25, 0.3) is 11.1 Å². The van der Waals surface area contributed by atoms with E-state index in [1.165, 1.54) is 21.7 Å². The summed E-state index contributed by atoms with van der Waals surface area (Å²) in [5.74, 6) is 0.0153. The predicted molar refractivity (Wildman–Crippen MR) is 134 cm³/mol. The normalized spacial score (nSPS) is 18.7. The summed E-state index contributed by atoms with van der Waals surface area (Å²) < 4.78 is 41.9. The largest absolute Gasteiger partial charge is 0.416 e. The Morgan fingerprint density at radius 3 is 2.67 bits per heavy atom. The van der Waals surface area contributed by atoms with Crippen LogP contribution in [0, 0.1) is 5.92 Å². The third-order valence-electron chi connectivity index (χ3n) is 6.43. The number of aromatic nitrogens is 2. The fourth-order valence-corrected chi connectivity index (χ4v) is 5.58. The van der Waals surface area contributed by atoms with E-state index in [0.717, 1.165) is 43.8 Å². The summed E-state index contributed by atoms with van der Waals surface area (Å²) in [6.45, 7) is 2.13. The summed E-state index contributed by atoms with van der Waals surface area (Å²) in [5.41, 5.74) is 0.616. The van der Waals surface area contributed by atoms with E-state index in [9.17, 15) is 22.8 Å². The minimum Gasteiger partial charge on any atom is -0.317 e. The van der Waals surface area contributed by atoms with Gasteiger partial charge in [-0.1, -0.05) is 23.7 Å². The SMILES string of the molecule is O=C1SC(=Cc2ccc3c(cnn3Cc3ccc(Cl)cc3C(F)(F)F)c2)C(=O)N1CC1CCNCC1. The van der Waals surface area contributed by atoms with Crippen molar-refractivity contribution in [2.45, 2.75) is 25.6 Å². The predicted octanol–water partition coefficient (Wildman–Crippen LogP) is 5.79. The van der Waals surface area contributed by atoms with Crippen LogP contribution in [0.5, 0.6) is 0 Å². The fraction of sp³-hybridized carbons (Fsp3) is 0.320. The van der Waals surface area contributed by atoms with Crippen LogP contribution in [0.2, 0.25) is 5.02 Å². The molecule has 3 heterocycles. The lowest BCUT2D eigenvalue weighted by atomic mass is 9.97. The van der Waals surface area contributed by atoms with Gasteiger partial charge in [0.05, 0.1) is 28.7 Å². The Morgan fingerprint density at radius 1 is 1.14 bits per heavy atom. The maximum atomic E-state index is 13.5. The van der Waals surface area contributed by atoms with Crippen LogP contribution in [0.3, 0.4) is 0 Å². The van der Waals surface area contributed by atoms with Crippen LogP contribution in [0.25, 0.3) is 17.0 Å². The second-order valence-electron chi connectivity index (χ2n) is 8.91. The molecule has 2 saturated heterocycles. The number of nitrogens with zero attached hydrogens (tertiary/aromatic N) is 3. The first-order valence-electron chi connectivity index (χ1n) is 11.5. The van der Waals surface area contributed by atoms with Gasteiger partial charge in [0.15, 0.2) is 0 Å². The van der Waals surface area contributed by atoms with Crippen molar-refractivity contribution in [2.24, 2.45) is 5.92 Å². The van der Waals surface area contributed by atoms with Crippen molar-refractivity contribution in [3.8, 4) is 0 Å². The molecule has 0 bridgehead atoms. The molecule has 0 atom stereocenters. The Morgan fingerprint density at radius 2 is 1.92 bits per heavy atom. The number of hydrogen-bond donors (Lipinski definition) is 1. The fourth-order valence-electron chi connectivity index (χ4n) is 4.56. The lowest BCUT2D eigenvalue weighted by Gasteiger charge is -2.25. The highest BCUT2D eigenvalue weighted by Gasteiger charge is 2.36. The lowest BCUT2D eigenvalue weighted by molar-refractivity contribution is -0.138. The molecule has 0 saturated carbocycles. The van der Waals surface area contributed by atoms with Crippen LogP contribution in [0.4, 0.5) is 18.0 Å². The second kappa shape index (κ2) is 9.91. The molecule has 2 fully saturated rings. The number of benzene rings is 2. The number of rotatable bonds is 5. The van der Waals surface area contributed by atoms with E-state index in [0.29, 0.717) is 33.8 Å². The molecule has 188 valence electrons. The third kappa shape index (κ3) is 5.16. The third-order valence-corrected chi connectivity index (χ3v) is 7.58. The number of halogens is 4. The van der Waals surface area contributed by atoms with E-state index in [1.54, 1.807) is 30.5 Å². The molecule has 2 aliphatic heterocycles. The average Bonchev–Trinajstić information content (AvgIpc) is 3.35. The zero-order valence-corrected chi connectivity index (χ0v) is 20.6. The minimum absolute atomic E-state index is 0.0150. The van der Waals surface area contributed by atoms with Gasteiger partial charge in [0, 0.05) is 17.0 Å². The van der Waals surface area contributed by atoms with Crippen LogP contribution in [0.15, 0.2) is 47.5 Å². The van der Waals surface area contributed by atoms with Crippen LogP contribution < -0.4 is 5.32 Å². The number of nitrogens with one attached hydrogen (secondary N) is 1. The number of hydrogen-bond acceptors (Lipinski definition) is 5. The highest BCUT2D eigenvalue weighted by Crippen LogP contribution is 2.36. The van der Waals surface area contributed by atoms with E-state index in [2.05, 4.69) is 10.4 Å². The Kier molecular flexibility index (Phi) is 6.84. The summed E-state index contributed by atoms with van der Waals surface area (Å²) in [7, 11) is 0. The first-order valence-corrected chi connectivity index (χ1v) is 12.7. The van der Waals surface area contributed by atoms with Crippen LogP contribution in [-0.2, 0) is 17.5 Å². The molecule has 0 spiro atoms. The van der Waals surface area contributed by atoms with Gasteiger partial charge in [0.2, 0.25) is 0 Å². The summed E-state index contributed by atoms with van der Waals surface area (Å²) in [4.78, 5) is 27.0. The molecular weight excluding hydrogens is 513 g/mol. The molecule has 11 heteroatoms. The number of fused-ring (bicyclic) bond motifs is 1. The van der Waals surface area contributed by atoms with E-state index < -0.39 is 11.7 Å². The molecule has 1 aromatic heterocycles. The number of thioether (sulfide) groups is 1. The van der Waals surface area contributed by atoms with Gasteiger partial charge >= 0.3 is 6.18 Å². The highest BCUT2D eigenvalue weighted by atomic mass is 35.5. The summed E-state index contributed by atoms with van der Waals surface area (Å²) >= 11 is 6.71. The second-order valence-corrected chi connectivity index (χ2v) is 10.3. The van der Waals surface area contributed by atoms with E-state index in [4.69, 9.17) is 11.6 Å². The molecule has 3 aromatic rings. The first kappa shape index (κ1) is 24.9. The molecule has 6 nitrogen and oxygen atoms in total. The molecule has 0 radical (unpaired) electrons. The molecule has 5 rings (SSSR count). The van der Waals surface area contributed by atoms with Crippen molar-refractivity contribution >= 4 is 51.5 Å². The van der Waals surface area contributed by atoms with Crippen LogP contribution in [0.1, 0.15) is 29.5 Å². The van der Waals surface area contributed by atoms with Crippen molar-refractivity contribution in [1.29, 1.82) is 0 Å². The summed E-state index contributed by atoms with van der Waals surface area (Å²) in [6.07, 6.45) is 0.570. The van der Waals surface area contributed by atoms with Gasteiger partial charge in [0.1, 0.15) is 0 Å². The molecule has 2 aromatic carbocycles. The van der Waals surface area contributed by atoms with E-state index in [1.807, 2.05) is 0 Å². The molecule has 2 aliphatic rings. The Labute approximate surface area is 214 Å². The number of piperidine rings is 1. The molecule has 0 aliphatic carbocycles. The standard InChI is InChI=1S/C25H22ClF3N4O2S/c26-19-3-2-17(20(11-19)25(27,28)29)14-33-21-4-1-16(9-18(21)12-31-33)10-22-23(34)32(24(35)36-22)13-15-5-7-30-8-6-15/h1-4,9-12,15,30H,5-8,13-14H2. The summed E-state index contributed by atoms with van der Waals surface area (Å²) in [6, 6.07) is 9.00. The van der Waals surface area contributed by atoms with E-state index in [-0.39, 0.29) is 28.3 Å². The minimum atomic E-state index is -4.53. The first-order chi connectivity index (χ1) is 17.2. The van der Waals surface area contributed by atoms with Gasteiger partial charge < -0.3 is 5.32 Å².